The van der Waals surface area contributed by atoms with Crippen LogP contribution in [0.2, 0.25) is 0 Å². The average Bonchev–Trinajstić information content (AvgIpc) is 2.42. The van der Waals surface area contributed by atoms with Gasteiger partial charge in [0.1, 0.15) is 0 Å². The van der Waals surface area contributed by atoms with Gasteiger partial charge in [0.2, 0.25) is 0 Å². The van der Waals surface area contributed by atoms with E-state index in [1.807, 2.05) is 51.1 Å². The number of aryl methyl sites for hydroxylation is 3. The van der Waals surface area contributed by atoms with Crippen molar-refractivity contribution in [1.29, 1.82) is 0 Å². The van der Waals surface area contributed by atoms with Gasteiger partial charge in [-0.15, -0.1) is 0 Å². The largest absolute Gasteiger partial charge is 0.332 e. The Balaban J connectivity index is 2.09. The Morgan fingerprint density at radius 2 is 1.73 bits per heavy atom. The highest BCUT2D eigenvalue weighted by molar-refractivity contribution is 9.10. The van der Waals surface area contributed by atoms with E-state index in [0.29, 0.717) is 10.7 Å². The maximum atomic E-state index is 12.2. The van der Waals surface area contributed by atoms with E-state index in [0.717, 1.165) is 26.9 Å². The van der Waals surface area contributed by atoms with Gasteiger partial charge in [-0.25, -0.2) is 0 Å². The number of benzene rings is 2. The predicted octanol–water partition coefficient (Wildman–Crippen LogP) is 4.50. The van der Waals surface area contributed by atoms with Crippen molar-refractivity contribution < 1.29 is 4.79 Å². The third kappa shape index (κ3) is 4.15. The van der Waals surface area contributed by atoms with E-state index in [1.165, 1.54) is 0 Å². The van der Waals surface area contributed by atoms with E-state index in [4.69, 9.17) is 12.2 Å². The van der Waals surface area contributed by atoms with E-state index in [-0.39, 0.29) is 5.91 Å². The molecule has 3 nitrogen and oxygen atoms in total. The van der Waals surface area contributed by atoms with Gasteiger partial charge < -0.3 is 5.32 Å². The third-order valence-electron chi connectivity index (χ3n) is 3.24. The standard InChI is InChI=1S/C17H17BrN2OS/c1-10-5-4-6-13(7-10)16(21)20-17(22)19-15-11(2)8-14(18)9-12(15)3/h4-9H,1-3H3,(H2,19,20,21,22). The Morgan fingerprint density at radius 1 is 1.09 bits per heavy atom. The van der Waals surface area contributed by atoms with Crippen LogP contribution in [0.5, 0.6) is 0 Å². The summed E-state index contributed by atoms with van der Waals surface area (Å²) < 4.78 is 1.02. The Kier molecular flexibility index (Phi) is 5.32. The first kappa shape index (κ1) is 16.6. The van der Waals surface area contributed by atoms with Crippen molar-refractivity contribution in [2.45, 2.75) is 20.8 Å². The Morgan fingerprint density at radius 3 is 2.32 bits per heavy atom. The van der Waals surface area contributed by atoms with Crippen LogP contribution in [0.1, 0.15) is 27.0 Å². The minimum atomic E-state index is -0.214. The molecule has 2 aromatic carbocycles. The summed E-state index contributed by atoms with van der Waals surface area (Å²) in [5.74, 6) is -0.214. The first-order chi connectivity index (χ1) is 10.4. The van der Waals surface area contributed by atoms with Gasteiger partial charge in [-0.2, -0.15) is 0 Å². The van der Waals surface area contributed by atoms with Crippen molar-refractivity contribution >= 4 is 44.9 Å². The molecule has 22 heavy (non-hydrogen) atoms. The fourth-order valence-corrected chi connectivity index (χ4v) is 3.10. The number of carbonyl (C=O) groups excluding carboxylic acids is 1. The molecular weight excluding hydrogens is 360 g/mol. The zero-order chi connectivity index (χ0) is 16.3. The van der Waals surface area contributed by atoms with Crippen LogP contribution in [0.25, 0.3) is 0 Å². The van der Waals surface area contributed by atoms with E-state index in [9.17, 15) is 4.79 Å². The molecule has 0 unspecified atom stereocenters. The SMILES string of the molecule is Cc1cccc(C(=O)NC(=S)Nc2c(C)cc(Br)cc2C)c1. The smallest absolute Gasteiger partial charge is 0.257 e. The lowest BCUT2D eigenvalue weighted by Crippen LogP contribution is -2.34. The highest BCUT2D eigenvalue weighted by Crippen LogP contribution is 2.25. The van der Waals surface area contributed by atoms with Crippen LogP contribution in [-0.4, -0.2) is 11.0 Å². The first-order valence-corrected chi connectivity index (χ1v) is 8.02. The maximum Gasteiger partial charge on any atom is 0.257 e. The average molecular weight is 377 g/mol. The van der Waals surface area contributed by atoms with E-state index in [1.54, 1.807) is 6.07 Å². The molecule has 0 heterocycles. The first-order valence-electron chi connectivity index (χ1n) is 6.82. The number of thiocarbonyl (C=S) groups is 1. The molecular formula is C17H17BrN2OS. The zero-order valence-corrected chi connectivity index (χ0v) is 15.1. The number of halogens is 1. The molecule has 0 bridgehead atoms. The van der Waals surface area contributed by atoms with Crippen LogP contribution < -0.4 is 10.6 Å². The third-order valence-corrected chi connectivity index (χ3v) is 3.91. The topological polar surface area (TPSA) is 41.1 Å². The molecule has 0 aliphatic carbocycles. The van der Waals surface area contributed by atoms with Crippen molar-refractivity contribution in [1.82, 2.24) is 5.32 Å². The molecule has 0 aliphatic rings. The number of nitrogens with one attached hydrogen (secondary N) is 2. The van der Waals surface area contributed by atoms with Crippen molar-refractivity contribution in [3.8, 4) is 0 Å². The quantitative estimate of drug-likeness (QED) is 0.758. The van der Waals surface area contributed by atoms with Gasteiger partial charge in [0, 0.05) is 15.7 Å². The second-order valence-corrected chi connectivity index (χ2v) is 6.52. The molecule has 0 saturated carbocycles. The van der Waals surface area contributed by atoms with Gasteiger partial charge in [-0.3, -0.25) is 10.1 Å². The highest BCUT2D eigenvalue weighted by Gasteiger charge is 2.10. The summed E-state index contributed by atoms with van der Waals surface area (Å²) >= 11 is 8.70. The summed E-state index contributed by atoms with van der Waals surface area (Å²) in [6.45, 7) is 5.93. The fourth-order valence-electron chi connectivity index (χ4n) is 2.21. The minimum absolute atomic E-state index is 0.214. The lowest BCUT2D eigenvalue weighted by molar-refractivity contribution is 0.0977. The highest BCUT2D eigenvalue weighted by atomic mass is 79.9. The van der Waals surface area contributed by atoms with Crippen molar-refractivity contribution in [2.24, 2.45) is 0 Å². The molecule has 2 N–H and O–H groups in total. The summed E-state index contributed by atoms with van der Waals surface area (Å²) in [5.41, 5.74) is 4.65. The molecule has 0 atom stereocenters. The van der Waals surface area contributed by atoms with Gasteiger partial charge in [0.15, 0.2) is 5.11 Å². The number of carbonyl (C=O) groups is 1. The van der Waals surface area contributed by atoms with E-state index in [2.05, 4.69) is 26.6 Å². The van der Waals surface area contributed by atoms with Crippen LogP contribution in [-0.2, 0) is 0 Å². The molecule has 0 spiro atoms. The summed E-state index contributed by atoms with van der Waals surface area (Å²) in [4.78, 5) is 12.2. The second-order valence-electron chi connectivity index (χ2n) is 5.19. The summed E-state index contributed by atoms with van der Waals surface area (Å²) in [6, 6.07) is 11.4. The molecule has 2 rings (SSSR count). The molecule has 0 aromatic heterocycles. The van der Waals surface area contributed by atoms with Crippen LogP contribution in [0.3, 0.4) is 0 Å². The molecule has 1 amide bonds. The summed E-state index contributed by atoms with van der Waals surface area (Å²) in [6.07, 6.45) is 0. The number of hydrogen-bond donors (Lipinski definition) is 2. The second kappa shape index (κ2) is 7.03. The Bertz CT molecular complexity index is 720. The number of hydrogen-bond acceptors (Lipinski definition) is 2. The van der Waals surface area contributed by atoms with E-state index >= 15 is 0 Å². The summed E-state index contributed by atoms with van der Waals surface area (Å²) in [7, 11) is 0. The van der Waals surface area contributed by atoms with Crippen LogP contribution in [0, 0.1) is 20.8 Å². The Hall–Kier alpha value is -1.72. The van der Waals surface area contributed by atoms with Gasteiger partial charge in [-0.05, 0) is 68.4 Å². The van der Waals surface area contributed by atoms with Gasteiger partial charge in [0.05, 0.1) is 0 Å². The monoisotopic (exact) mass is 376 g/mol. The number of rotatable bonds is 2. The zero-order valence-electron chi connectivity index (χ0n) is 12.7. The summed E-state index contributed by atoms with van der Waals surface area (Å²) in [5, 5.41) is 6.10. The van der Waals surface area contributed by atoms with Gasteiger partial charge in [0.25, 0.3) is 5.91 Å². The lowest BCUT2D eigenvalue weighted by Gasteiger charge is -2.15. The molecule has 0 saturated heterocycles. The normalized spacial score (nSPS) is 10.2. The molecule has 2 aromatic rings. The fraction of sp³-hybridized carbons (Fsp3) is 0.176. The van der Waals surface area contributed by atoms with Crippen LogP contribution in [0.4, 0.5) is 5.69 Å². The predicted molar refractivity (Wildman–Crippen MR) is 98.5 cm³/mol. The number of amides is 1. The maximum absolute atomic E-state index is 12.2. The Labute approximate surface area is 144 Å². The van der Waals surface area contributed by atoms with Crippen molar-refractivity contribution in [3.63, 3.8) is 0 Å². The molecule has 114 valence electrons. The molecule has 0 radical (unpaired) electrons. The molecule has 0 aliphatic heterocycles. The van der Waals surface area contributed by atoms with Crippen LogP contribution in [0.15, 0.2) is 40.9 Å². The van der Waals surface area contributed by atoms with Gasteiger partial charge in [-0.1, -0.05) is 33.6 Å². The van der Waals surface area contributed by atoms with E-state index < -0.39 is 0 Å². The van der Waals surface area contributed by atoms with Crippen molar-refractivity contribution in [2.75, 3.05) is 5.32 Å². The molecule has 0 fully saturated rings. The number of anilines is 1. The van der Waals surface area contributed by atoms with Gasteiger partial charge >= 0.3 is 0 Å². The minimum Gasteiger partial charge on any atom is -0.332 e. The van der Waals surface area contributed by atoms with Crippen molar-refractivity contribution in [3.05, 3.63) is 63.1 Å². The van der Waals surface area contributed by atoms with Crippen LogP contribution >= 0.6 is 28.1 Å². The molecule has 5 heteroatoms. The lowest BCUT2D eigenvalue weighted by atomic mass is 10.1.